The van der Waals surface area contributed by atoms with Gasteiger partial charge in [-0.2, -0.15) is 5.10 Å². The SMILES string of the molecule is C1CCNCC1.CC.[B]C(O)(O)Oc1cc2ncc(-c3nc(N)c(F)cc3F)n2nc1C1CC1. The normalized spacial score (nSPS) is 15.7. The molecule has 2 fully saturated rings. The molecule has 2 aliphatic rings. The van der Waals surface area contributed by atoms with Gasteiger partial charge < -0.3 is 26.0 Å². The van der Waals surface area contributed by atoms with E-state index in [1.54, 1.807) is 0 Å². The molecule has 12 heteroatoms. The summed E-state index contributed by atoms with van der Waals surface area (Å²) in [6.07, 6.45) is 7.15. The number of aromatic nitrogens is 4. The van der Waals surface area contributed by atoms with Crippen LogP contribution in [0.15, 0.2) is 18.3 Å². The number of anilines is 1. The minimum atomic E-state index is -2.88. The first-order chi connectivity index (χ1) is 16.2. The fourth-order valence-corrected chi connectivity index (χ4v) is 3.42. The molecule has 3 aromatic rings. The maximum atomic E-state index is 14.2. The summed E-state index contributed by atoms with van der Waals surface area (Å²) in [5.41, 5.74) is 6.00. The molecule has 182 valence electrons. The van der Waals surface area contributed by atoms with Crippen molar-refractivity contribution >= 4 is 19.3 Å². The molecular formula is C22H29BF2N6O3. The van der Waals surface area contributed by atoms with Gasteiger partial charge in [-0.25, -0.2) is 23.3 Å². The number of halogens is 2. The first-order valence-electron chi connectivity index (χ1n) is 11.4. The van der Waals surface area contributed by atoms with E-state index in [1.165, 1.54) is 49.1 Å². The topological polar surface area (TPSA) is 131 Å². The molecule has 3 aromatic heterocycles. The lowest BCUT2D eigenvalue weighted by Crippen LogP contribution is -2.36. The van der Waals surface area contributed by atoms with Gasteiger partial charge in [-0.05, 0) is 38.8 Å². The Morgan fingerprint density at radius 1 is 1.15 bits per heavy atom. The van der Waals surface area contributed by atoms with Gasteiger partial charge >= 0.3 is 0 Å². The van der Waals surface area contributed by atoms with Crippen LogP contribution < -0.4 is 15.8 Å². The van der Waals surface area contributed by atoms with Crippen LogP contribution in [0.3, 0.4) is 0 Å². The average molecular weight is 474 g/mol. The number of nitrogens with one attached hydrogen (secondary N) is 1. The quantitative estimate of drug-likeness (QED) is 0.335. The van der Waals surface area contributed by atoms with Crippen molar-refractivity contribution in [1.82, 2.24) is 24.9 Å². The summed E-state index contributed by atoms with van der Waals surface area (Å²) in [5.74, 6) is -5.13. The summed E-state index contributed by atoms with van der Waals surface area (Å²) in [4.78, 5) is 7.81. The molecule has 5 N–H and O–H groups in total. The standard InChI is InChI=1S/C15H12BF2N5O3.C5H11N.C2H6/c16-15(24,25)26-10-4-11-20-5-9(23(11)22-12(10)6-1-2-6)13-7(17)3-8(18)14(19)21-13;1-2-4-6-5-3-1;1-2/h3-6,24-25H,1-2H2,(H2,19,21);6H,1-5H2;1-2H3. The number of piperidine rings is 1. The van der Waals surface area contributed by atoms with Gasteiger partial charge in [0.1, 0.15) is 17.1 Å². The molecule has 2 radical (unpaired) electrons. The zero-order chi connectivity index (χ0) is 24.9. The third kappa shape index (κ3) is 6.40. The highest BCUT2D eigenvalue weighted by atomic mass is 19.1. The Hall–Kier alpha value is -2.83. The predicted molar refractivity (Wildman–Crippen MR) is 124 cm³/mol. The van der Waals surface area contributed by atoms with E-state index in [1.807, 2.05) is 13.8 Å². The number of ether oxygens (including phenoxy) is 1. The fraction of sp³-hybridized carbons (Fsp3) is 0.500. The molecule has 1 saturated carbocycles. The molecule has 34 heavy (non-hydrogen) atoms. The van der Waals surface area contributed by atoms with Crippen molar-refractivity contribution in [3.05, 3.63) is 35.7 Å². The van der Waals surface area contributed by atoms with Crippen LogP contribution in [0.1, 0.15) is 57.6 Å². The van der Waals surface area contributed by atoms with Crippen molar-refractivity contribution in [2.75, 3.05) is 18.8 Å². The number of aliphatic hydroxyl groups is 2. The van der Waals surface area contributed by atoms with Crippen LogP contribution in [0, 0.1) is 11.6 Å². The molecule has 9 nitrogen and oxygen atoms in total. The lowest BCUT2D eigenvalue weighted by Gasteiger charge is -2.20. The first kappa shape index (κ1) is 25.8. The van der Waals surface area contributed by atoms with Crippen LogP contribution in [0.4, 0.5) is 14.6 Å². The van der Waals surface area contributed by atoms with Crippen molar-refractivity contribution in [2.24, 2.45) is 0 Å². The molecule has 0 atom stereocenters. The number of nitrogen functional groups attached to an aromatic ring is 1. The predicted octanol–water partition coefficient (Wildman–Crippen LogP) is 2.46. The van der Waals surface area contributed by atoms with Crippen molar-refractivity contribution in [3.8, 4) is 17.1 Å². The second-order valence-corrected chi connectivity index (χ2v) is 7.84. The van der Waals surface area contributed by atoms with E-state index in [9.17, 15) is 19.0 Å². The van der Waals surface area contributed by atoms with Gasteiger partial charge in [0.2, 0.25) is 7.85 Å². The largest absolute Gasteiger partial charge is 0.447 e. The molecule has 1 aliphatic heterocycles. The van der Waals surface area contributed by atoms with Crippen LogP contribution in [-0.2, 0) is 0 Å². The highest BCUT2D eigenvalue weighted by Gasteiger charge is 2.32. The second-order valence-electron chi connectivity index (χ2n) is 7.84. The Morgan fingerprint density at radius 2 is 1.82 bits per heavy atom. The monoisotopic (exact) mass is 474 g/mol. The van der Waals surface area contributed by atoms with Crippen molar-refractivity contribution in [3.63, 3.8) is 0 Å². The van der Waals surface area contributed by atoms with Crippen LogP contribution in [0.25, 0.3) is 17.0 Å². The highest BCUT2D eigenvalue weighted by molar-refractivity contribution is 6.12. The number of nitrogens with two attached hydrogens (primary N) is 1. The average Bonchev–Trinajstić information content (AvgIpc) is 3.58. The Balaban J connectivity index is 0.000000348. The van der Waals surface area contributed by atoms with Crippen LogP contribution in [-0.4, -0.2) is 56.6 Å². The molecule has 1 saturated heterocycles. The van der Waals surface area contributed by atoms with Gasteiger partial charge in [-0.15, -0.1) is 0 Å². The zero-order valence-corrected chi connectivity index (χ0v) is 19.3. The van der Waals surface area contributed by atoms with Crippen LogP contribution in [0.2, 0.25) is 0 Å². The minimum Gasteiger partial charge on any atom is -0.447 e. The van der Waals surface area contributed by atoms with Gasteiger partial charge in [0.25, 0.3) is 5.87 Å². The second kappa shape index (κ2) is 11.1. The summed E-state index contributed by atoms with van der Waals surface area (Å²) in [6.45, 7) is 6.50. The molecular weight excluding hydrogens is 445 g/mol. The lowest BCUT2D eigenvalue weighted by atomic mass is 10.1. The Bertz CT molecular complexity index is 1100. The molecule has 0 spiro atoms. The Kier molecular flexibility index (Phi) is 8.40. The van der Waals surface area contributed by atoms with Crippen molar-refractivity contribution < 1.29 is 23.7 Å². The Labute approximate surface area is 197 Å². The van der Waals surface area contributed by atoms with E-state index >= 15 is 0 Å². The van der Waals surface area contributed by atoms with E-state index in [0.29, 0.717) is 11.8 Å². The van der Waals surface area contributed by atoms with Gasteiger partial charge in [-0.1, -0.05) is 20.3 Å². The molecule has 0 amide bonds. The number of fused-ring (bicyclic) bond motifs is 1. The van der Waals surface area contributed by atoms with E-state index < -0.39 is 23.3 Å². The van der Waals surface area contributed by atoms with E-state index in [4.69, 9.17) is 18.3 Å². The Morgan fingerprint density at radius 3 is 2.35 bits per heavy atom. The molecule has 4 heterocycles. The zero-order valence-electron chi connectivity index (χ0n) is 19.3. The summed E-state index contributed by atoms with van der Waals surface area (Å²) >= 11 is 0. The maximum absolute atomic E-state index is 14.2. The van der Waals surface area contributed by atoms with E-state index in [-0.39, 0.29) is 28.7 Å². The van der Waals surface area contributed by atoms with Gasteiger partial charge in [-0.3, -0.25) is 0 Å². The summed E-state index contributed by atoms with van der Waals surface area (Å²) in [7, 11) is 5.07. The number of hydrogen-bond donors (Lipinski definition) is 4. The van der Waals surface area contributed by atoms with Crippen LogP contribution >= 0.6 is 0 Å². The van der Waals surface area contributed by atoms with Crippen LogP contribution in [0.5, 0.6) is 5.75 Å². The molecule has 1 aliphatic carbocycles. The number of hydrogen-bond acceptors (Lipinski definition) is 8. The van der Waals surface area contributed by atoms with Crippen molar-refractivity contribution in [2.45, 2.75) is 57.7 Å². The molecule has 0 bridgehead atoms. The summed E-state index contributed by atoms with van der Waals surface area (Å²) in [5, 5.41) is 26.2. The minimum absolute atomic E-state index is 0.0306. The van der Waals surface area contributed by atoms with E-state index in [2.05, 4.69) is 20.4 Å². The third-order valence-corrected chi connectivity index (χ3v) is 5.12. The fourth-order valence-electron chi connectivity index (χ4n) is 3.42. The van der Waals surface area contributed by atoms with Gasteiger partial charge in [0.05, 0.1) is 6.20 Å². The number of pyridine rings is 1. The summed E-state index contributed by atoms with van der Waals surface area (Å²) < 4.78 is 33.8. The molecule has 0 aromatic carbocycles. The number of rotatable bonds is 4. The first-order valence-corrected chi connectivity index (χ1v) is 11.4. The van der Waals surface area contributed by atoms with Crippen molar-refractivity contribution in [1.29, 1.82) is 0 Å². The number of nitrogens with zero attached hydrogens (tertiary/aromatic N) is 4. The smallest absolute Gasteiger partial charge is 0.259 e. The molecule has 5 rings (SSSR count). The van der Waals surface area contributed by atoms with E-state index in [0.717, 1.165) is 12.8 Å². The maximum Gasteiger partial charge on any atom is 0.259 e. The summed E-state index contributed by atoms with van der Waals surface area (Å²) in [6, 6.07) is 2.03. The lowest BCUT2D eigenvalue weighted by molar-refractivity contribution is -0.224. The number of imidazole rings is 1. The third-order valence-electron chi connectivity index (χ3n) is 5.12. The highest BCUT2D eigenvalue weighted by Crippen LogP contribution is 2.44. The van der Waals surface area contributed by atoms with Gasteiger partial charge in [0.15, 0.2) is 28.8 Å². The van der Waals surface area contributed by atoms with Gasteiger partial charge in [0, 0.05) is 18.1 Å². The molecule has 0 unspecified atom stereocenters.